The summed E-state index contributed by atoms with van der Waals surface area (Å²) < 4.78 is 5.43. The van der Waals surface area contributed by atoms with Crippen molar-refractivity contribution in [1.29, 1.82) is 0 Å². The highest BCUT2D eigenvalue weighted by Crippen LogP contribution is 2.50. The highest BCUT2D eigenvalue weighted by molar-refractivity contribution is 6.11. The summed E-state index contributed by atoms with van der Waals surface area (Å²) in [5.74, 6) is -0.365. The second-order valence-corrected chi connectivity index (χ2v) is 9.58. The van der Waals surface area contributed by atoms with E-state index in [4.69, 9.17) is 4.74 Å². The Bertz CT molecular complexity index is 1360. The average Bonchev–Trinajstić information content (AvgIpc) is 2.89. The van der Waals surface area contributed by atoms with Crippen LogP contribution in [0.5, 0.6) is 0 Å². The van der Waals surface area contributed by atoms with Crippen LogP contribution in [0.3, 0.4) is 0 Å². The molecule has 190 valence electrons. The van der Waals surface area contributed by atoms with E-state index in [0.29, 0.717) is 36.4 Å². The molecule has 0 atom stereocenters. The number of hydrogen-bond acceptors (Lipinski definition) is 5. The monoisotopic (exact) mass is 494 g/mol. The van der Waals surface area contributed by atoms with Crippen LogP contribution in [0.1, 0.15) is 60.9 Å². The van der Waals surface area contributed by atoms with Crippen molar-refractivity contribution in [1.82, 2.24) is 0 Å². The number of hydrogen-bond donors (Lipinski definition) is 0. The Labute approximate surface area is 219 Å². The first-order valence-electron chi connectivity index (χ1n) is 12.7. The second kappa shape index (κ2) is 11.3. The predicted molar refractivity (Wildman–Crippen MR) is 152 cm³/mol. The van der Waals surface area contributed by atoms with E-state index < -0.39 is 0 Å². The summed E-state index contributed by atoms with van der Waals surface area (Å²) in [5, 5.41) is 0. The summed E-state index contributed by atoms with van der Waals surface area (Å²) in [6, 6.07) is 20.9. The Morgan fingerprint density at radius 3 is 2.05 bits per heavy atom. The smallest absolute Gasteiger partial charge is 0.340 e. The van der Waals surface area contributed by atoms with E-state index in [0.717, 1.165) is 22.7 Å². The third-order valence-corrected chi connectivity index (χ3v) is 6.29. The maximum atomic E-state index is 13.3. The fourth-order valence-corrected chi connectivity index (χ4v) is 4.46. The summed E-state index contributed by atoms with van der Waals surface area (Å²) in [6.07, 6.45) is 4.30. The van der Waals surface area contributed by atoms with Crippen LogP contribution in [0, 0.1) is 0 Å². The summed E-state index contributed by atoms with van der Waals surface area (Å²) in [5.41, 5.74) is 7.76. The van der Waals surface area contributed by atoms with Crippen molar-refractivity contribution in [3.8, 4) is 0 Å². The molecule has 5 nitrogen and oxygen atoms in total. The zero-order valence-corrected chi connectivity index (χ0v) is 22.2. The lowest BCUT2D eigenvalue weighted by atomic mass is 9.98. The Balaban J connectivity index is 1.94. The van der Waals surface area contributed by atoms with E-state index in [1.165, 1.54) is 11.1 Å². The van der Waals surface area contributed by atoms with Gasteiger partial charge in [0.1, 0.15) is 0 Å². The summed E-state index contributed by atoms with van der Waals surface area (Å²) in [4.78, 5) is 30.7. The van der Waals surface area contributed by atoms with Crippen LogP contribution in [0.15, 0.2) is 90.0 Å². The number of esters is 1. The molecule has 0 amide bonds. The predicted octanol–water partition coefficient (Wildman–Crippen LogP) is 7.62. The molecule has 1 aliphatic rings. The Morgan fingerprint density at radius 2 is 1.41 bits per heavy atom. The van der Waals surface area contributed by atoms with Crippen LogP contribution in [-0.4, -0.2) is 31.4 Å². The lowest BCUT2D eigenvalue weighted by Crippen LogP contribution is -2.32. The lowest BCUT2D eigenvalue weighted by molar-refractivity contribution is 0.0527. The summed E-state index contributed by atoms with van der Waals surface area (Å²) in [6.45, 7) is 11.6. The van der Waals surface area contributed by atoms with Crippen molar-refractivity contribution in [3.05, 3.63) is 107 Å². The van der Waals surface area contributed by atoms with Gasteiger partial charge in [-0.2, -0.15) is 0 Å². The number of carbonyl (C=O) groups excluding carboxylic acids is 2. The topological polar surface area (TPSA) is 49.9 Å². The standard InChI is InChI=1S/C32H34N2O3/c1-6-37-32(36)26-13-10-14-28-30(26)34(20-18-23(4)5)27-16-15-25(31(35)24-11-8-7-9-12-24)21-29(27)33(28)19-17-22(2)3/h7-18,21H,6,19-20H2,1-5H3. The van der Waals surface area contributed by atoms with Crippen LogP contribution >= 0.6 is 0 Å². The van der Waals surface area contributed by atoms with Gasteiger partial charge < -0.3 is 14.5 Å². The van der Waals surface area contributed by atoms with E-state index in [-0.39, 0.29) is 11.8 Å². The van der Waals surface area contributed by atoms with Crippen LogP contribution in [0.4, 0.5) is 22.7 Å². The van der Waals surface area contributed by atoms with Crippen LogP contribution in [-0.2, 0) is 4.74 Å². The molecule has 0 unspecified atom stereocenters. The first-order chi connectivity index (χ1) is 17.8. The molecule has 4 rings (SSSR count). The molecule has 0 radical (unpaired) electrons. The first kappa shape index (κ1) is 26.0. The summed E-state index contributed by atoms with van der Waals surface area (Å²) >= 11 is 0. The molecule has 0 N–H and O–H groups in total. The molecule has 37 heavy (non-hydrogen) atoms. The molecule has 3 aromatic rings. The number of para-hydroxylation sites is 1. The van der Waals surface area contributed by atoms with Gasteiger partial charge in [0.2, 0.25) is 0 Å². The van der Waals surface area contributed by atoms with Gasteiger partial charge in [-0.05, 0) is 65.0 Å². The molecule has 0 saturated carbocycles. The molecule has 0 aromatic heterocycles. The fraction of sp³-hybridized carbons (Fsp3) is 0.250. The van der Waals surface area contributed by atoms with Gasteiger partial charge in [0.05, 0.1) is 34.9 Å². The molecule has 1 aliphatic heterocycles. The number of carbonyl (C=O) groups is 2. The number of ketones is 1. The number of nitrogens with zero attached hydrogens (tertiary/aromatic N) is 2. The van der Waals surface area contributed by atoms with E-state index in [2.05, 4.69) is 49.6 Å². The average molecular weight is 495 g/mol. The number of fused-ring (bicyclic) bond motifs is 2. The third-order valence-electron chi connectivity index (χ3n) is 6.29. The maximum Gasteiger partial charge on any atom is 0.340 e. The highest BCUT2D eigenvalue weighted by Gasteiger charge is 2.32. The number of anilines is 4. The quantitative estimate of drug-likeness (QED) is 0.183. The van der Waals surface area contributed by atoms with E-state index >= 15 is 0 Å². The fourth-order valence-electron chi connectivity index (χ4n) is 4.46. The van der Waals surface area contributed by atoms with E-state index in [1.807, 2.05) is 73.7 Å². The molecule has 0 aliphatic carbocycles. The van der Waals surface area contributed by atoms with Crippen molar-refractivity contribution < 1.29 is 14.3 Å². The van der Waals surface area contributed by atoms with E-state index in [1.54, 1.807) is 0 Å². The largest absolute Gasteiger partial charge is 0.462 e. The Kier molecular flexibility index (Phi) is 7.92. The van der Waals surface area contributed by atoms with Crippen LogP contribution in [0.25, 0.3) is 0 Å². The van der Waals surface area contributed by atoms with Crippen molar-refractivity contribution in [2.45, 2.75) is 34.6 Å². The van der Waals surface area contributed by atoms with Gasteiger partial charge in [-0.1, -0.05) is 59.7 Å². The van der Waals surface area contributed by atoms with Crippen LogP contribution < -0.4 is 9.80 Å². The van der Waals surface area contributed by atoms with Gasteiger partial charge in [-0.25, -0.2) is 4.79 Å². The van der Waals surface area contributed by atoms with Gasteiger partial charge in [-0.15, -0.1) is 0 Å². The normalized spacial score (nSPS) is 11.8. The molecular weight excluding hydrogens is 460 g/mol. The minimum atomic E-state index is -0.344. The van der Waals surface area contributed by atoms with Gasteiger partial charge in [0.15, 0.2) is 5.78 Å². The van der Waals surface area contributed by atoms with Gasteiger partial charge in [0, 0.05) is 24.2 Å². The minimum absolute atomic E-state index is 0.0208. The minimum Gasteiger partial charge on any atom is -0.462 e. The molecule has 5 heteroatoms. The zero-order valence-electron chi connectivity index (χ0n) is 22.2. The van der Waals surface area contributed by atoms with Crippen molar-refractivity contribution in [2.24, 2.45) is 0 Å². The SMILES string of the molecule is CCOC(=O)c1cccc2c1N(CC=C(C)C)c1ccc(C(=O)c3ccccc3)cc1N2CC=C(C)C. The molecule has 0 saturated heterocycles. The highest BCUT2D eigenvalue weighted by atomic mass is 16.5. The molecule has 0 spiro atoms. The Morgan fingerprint density at radius 1 is 0.730 bits per heavy atom. The van der Waals surface area contributed by atoms with Crippen LogP contribution in [0.2, 0.25) is 0 Å². The maximum absolute atomic E-state index is 13.3. The van der Waals surface area contributed by atoms with Gasteiger partial charge in [-0.3, -0.25) is 4.79 Å². The van der Waals surface area contributed by atoms with Crippen molar-refractivity contribution in [2.75, 3.05) is 29.5 Å². The third kappa shape index (κ3) is 5.51. The Hall–Kier alpha value is -4.12. The second-order valence-electron chi connectivity index (χ2n) is 9.58. The molecule has 3 aromatic carbocycles. The molecule has 0 bridgehead atoms. The van der Waals surface area contributed by atoms with Crippen molar-refractivity contribution in [3.63, 3.8) is 0 Å². The van der Waals surface area contributed by atoms with E-state index in [9.17, 15) is 9.59 Å². The molecule has 1 heterocycles. The zero-order chi connectivity index (χ0) is 26.5. The first-order valence-corrected chi connectivity index (χ1v) is 12.7. The number of allylic oxidation sites excluding steroid dienone is 2. The number of rotatable bonds is 8. The lowest BCUT2D eigenvalue weighted by Gasteiger charge is -2.40. The summed E-state index contributed by atoms with van der Waals surface area (Å²) in [7, 11) is 0. The van der Waals surface area contributed by atoms with Crippen molar-refractivity contribution >= 4 is 34.5 Å². The number of ether oxygens (including phenoxy) is 1. The van der Waals surface area contributed by atoms with Gasteiger partial charge >= 0.3 is 5.97 Å². The number of benzene rings is 3. The van der Waals surface area contributed by atoms with Gasteiger partial charge in [0.25, 0.3) is 0 Å². The molecule has 0 fully saturated rings. The molecular formula is C32H34N2O3.